The summed E-state index contributed by atoms with van der Waals surface area (Å²) in [5.74, 6) is -0.482. The number of hydrogen-bond acceptors (Lipinski definition) is 8. The van der Waals surface area contributed by atoms with E-state index >= 15 is 0 Å². The largest absolute Gasteiger partial charge is 0.394 e. The SMILES string of the molecule is CC(=O)N[C@H]1[C@@H](O[C@H]2[C@H](O)[C@@H](O)[C@H]([NH3+])C[C@@H]2[NH3+])O[C@H](CO)[C@@H](O)[C@@H]1O. The molecule has 1 saturated heterocycles. The molecule has 12 N–H and O–H groups in total. The van der Waals surface area contributed by atoms with Crippen LogP contribution in [0.4, 0.5) is 0 Å². The molecule has 0 bridgehead atoms. The number of carbonyl (C=O) groups is 1. The third kappa shape index (κ3) is 4.27. The van der Waals surface area contributed by atoms with Crippen LogP contribution in [0.25, 0.3) is 0 Å². The highest BCUT2D eigenvalue weighted by atomic mass is 16.7. The van der Waals surface area contributed by atoms with E-state index in [-0.39, 0.29) is 0 Å². The Hall–Kier alpha value is -0.890. The Morgan fingerprint density at radius 2 is 1.76 bits per heavy atom. The topological polar surface area (TPSA) is 204 Å². The van der Waals surface area contributed by atoms with Crippen molar-refractivity contribution in [1.82, 2.24) is 5.32 Å². The van der Waals surface area contributed by atoms with Gasteiger partial charge in [0.2, 0.25) is 5.91 Å². The molecule has 0 aromatic carbocycles. The van der Waals surface area contributed by atoms with E-state index in [0.717, 1.165) is 0 Å². The average molecular weight is 367 g/mol. The summed E-state index contributed by atoms with van der Waals surface area (Å²) < 4.78 is 11.2. The fraction of sp³-hybridized carbons (Fsp3) is 0.929. The van der Waals surface area contributed by atoms with Crippen molar-refractivity contribution < 1.29 is 51.3 Å². The number of carbonyl (C=O) groups excluding carboxylic acids is 1. The van der Waals surface area contributed by atoms with Gasteiger partial charge in [-0.25, -0.2) is 0 Å². The summed E-state index contributed by atoms with van der Waals surface area (Å²) >= 11 is 0. The van der Waals surface area contributed by atoms with Gasteiger partial charge in [0.15, 0.2) is 6.29 Å². The number of nitrogens with one attached hydrogen (secondary N) is 1. The van der Waals surface area contributed by atoms with Gasteiger partial charge in [0.1, 0.15) is 54.7 Å². The van der Waals surface area contributed by atoms with Crippen LogP contribution in [0.15, 0.2) is 0 Å². The van der Waals surface area contributed by atoms with Crippen molar-refractivity contribution in [2.75, 3.05) is 6.61 Å². The van der Waals surface area contributed by atoms with Gasteiger partial charge in [0.05, 0.1) is 13.0 Å². The van der Waals surface area contributed by atoms with Gasteiger partial charge in [-0.1, -0.05) is 0 Å². The Kier molecular flexibility index (Phi) is 6.70. The molecule has 11 nitrogen and oxygen atoms in total. The van der Waals surface area contributed by atoms with E-state index in [0.29, 0.717) is 6.42 Å². The van der Waals surface area contributed by atoms with Gasteiger partial charge in [-0.15, -0.1) is 0 Å². The lowest BCUT2D eigenvalue weighted by Gasteiger charge is -2.45. The number of rotatable bonds is 4. The van der Waals surface area contributed by atoms with E-state index in [9.17, 15) is 30.3 Å². The average Bonchev–Trinajstić information content (AvgIpc) is 2.55. The van der Waals surface area contributed by atoms with E-state index in [4.69, 9.17) is 9.47 Å². The molecule has 2 rings (SSSR count). The van der Waals surface area contributed by atoms with Crippen LogP contribution in [0.5, 0.6) is 0 Å². The second kappa shape index (κ2) is 8.20. The lowest BCUT2D eigenvalue weighted by Crippen LogP contribution is -2.82. The summed E-state index contributed by atoms with van der Waals surface area (Å²) in [6.45, 7) is 0.653. The Morgan fingerprint density at radius 3 is 2.32 bits per heavy atom. The summed E-state index contributed by atoms with van der Waals surface area (Å²) in [6.07, 6.45) is -8.19. The first kappa shape index (κ1) is 20.4. The van der Waals surface area contributed by atoms with Gasteiger partial charge in [-0.2, -0.15) is 0 Å². The Balaban J connectivity index is 2.19. The van der Waals surface area contributed by atoms with E-state index in [1.54, 1.807) is 0 Å². The van der Waals surface area contributed by atoms with E-state index in [1.807, 2.05) is 0 Å². The molecule has 0 spiro atoms. The van der Waals surface area contributed by atoms with E-state index in [2.05, 4.69) is 16.8 Å². The maximum absolute atomic E-state index is 11.4. The predicted molar refractivity (Wildman–Crippen MR) is 80.2 cm³/mol. The number of amides is 1. The molecule has 25 heavy (non-hydrogen) atoms. The zero-order chi connectivity index (χ0) is 18.9. The Bertz CT molecular complexity index is 469. The van der Waals surface area contributed by atoms with Crippen molar-refractivity contribution in [2.24, 2.45) is 0 Å². The molecule has 2 aliphatic rings. The molecule has 1 aliphatic heterocycles. The molecule has 10 atom stereocenters. The zero-order valence-corrected chi connectivity index (χ0v) is 14.1. The lowest BCUT2D eigenvalue weighted by molar-refractivity contribution is -0.511. The number of ether oxygens (including phenoxy) is 2. The first-order valence-corrected chi connectivity index (χ1v) is 8.24. The molecule has 1 amide bonds. The quantitative estimate of drug-likeness (QED) is 0.239. The van der Waals surface area contributed by atoms with Gasteiger partial charge in [-0.3, -0.25) is 4.79 Å². The van der Waals surface area contributed by atoms with E-state index < -0.39 is 73.6 Å². The van der Waals surface area contributed by atoms with Crippen molar-refractivity contribution in [1.29, 1.82) is 0 Å². The minimum absolute atomic E-state index is 0.398. The standard InChI is InChI=1S/C14H27N3O8/c1-4(19)17-8-11(22)10(21)7(3-18)24-14(8)25-13-6(16)2-5(15)9(20)12(13)23/h5-14,18,20-23H,2-3,15-16H2,1H3,(H,17,19)/p+2/t5-,6+,7-,8-,9+,10-,11-,12-,13-,14-/m1/s1. The molecule has 0 aromatic rings. The van der Waals surface area contributed by atoms with Gasteiger partial charge >= 0.3 is 0 Å². The van der Waals surface area contributed by atoms with Crippen LogP contribution >= 0.6 is 0 Å². The van der Waals surface area contributed by atoms with Crippen molar-refractivity contribution in [2.45, 2.75) is 74.4 Å². The highest BCUT2D eigenvalue weighted by Crippen LogP contribution is 2.27. The first-order valence-electron chi connectivity index (χ1n) is 8.24. The minimum Gasteiger partial charge on any atom is -0.394 e. The molecule has 146 valence electrons. The smallest absolute Gasteiger partial charge is 0.217 e. The number of hydrogen-bond donors (Lipinski definition) is 8. The number of quaternary nitrogens is 2. The van der Waals surface area contributed by atoms with Gasteiger partial charge in [-0.05, 0) is 0 Å². The molecule has 11 heteroatoms. The minimum atomic E-state index is -1.45. The van der Waals surface area contributed by atoms with Crippen molar-refractivity contribution in [3.63, 3.8) is 0 Å². The highest BCUT2D eigenvalue weighted by Gasteiger charge is 2.51. The van der Waals surface area contributed by atoms with Crippen LogP contribution in [0.1, 0.15) is 13.3 Å². The molecular formula is C14H29N3O8+2. The summed E-state index contributed by atoms with van der Waals surface area (Å²) in [5, 5.41) is 52.2. The Labute approximate surface area is 144 Å². The zero-order valence-electron chi connectivity index (χ0n) is 14.1. The summed E-state index contributed by atoms with van der Waals surface area (Å²) in [7, 11) is 0. The first-order chi connectivity index (χ1) is 11.7. The number of aliphatic hydroxyl groups is 5. The third-order valence-electron chi connectivity index (χ3n) is 4.78. The Morgan fingerprint density at radius 1 is 1.12 bits per heavy atom. The summed E-state index contributed by atoms with van der Waals surface area (Å²) in [4.78, 5) is 11.4. The van der Waals surface area contributed by atoms with Gasteiger partial charge < -0.3 is 51.8 Å². The highest BCUT2D eigenvalue weighted by molar-refractivity contribution is 5.73. The molecular weight excluding hydrogens is 338 g/mol. The second-order valence-corrected chi connectivity index (χ2v) is 6.77. The predicted octanol–water partition coefficient (Wildman–Crippen LogP) is -6.34. The van der Waals surface area contributed by atoms with Crippen LogP contribution in [0.3, 0.4) is 0 Å². The number of aliphatic hydroxyl groups excluding tert-OH is 5. The van der Waals surface area contributed by atoms with Crippen LogP contribution in [0.2, 0.25) is 0 Å². The van der Waals surface area contributed by atoms with E-state index in [1.165, 1.54) is 6.92 Å². The molecule has 1 heterocycles. The maximum atomic E-state index is 11.4. The van der Waals surface area contributed by atoms with Crippen LogP contribution in [-0.4, -0.2) is 99.1 Å². The van der Waals surface area contributed by atoms with Crippen LogP contribution < -0.4 is 16.8 Å². The van der Waals surface area contributed by atoms with Crippen molar-refractivity contribution >= 4 is 5.91 Å². The van der Waals surface area contributed by atoms with Crippen LogP contribution in [-0.2, 0) is 14.3 Å². The fourth-order valence-electron chi connectivity index (χ4n) is 3.35. The molecule has 2 fully saturated rings. The molecule has 0 radical (unpaired) electrons. The molecule has 1 saturated carbocycles. The fourth-order valence-corrected chi connectivity index (χ4v) is 3.35. The van der Waals surface area contributed by atoms with Gasteiger partial charge in [0.25, 0.3) is 0 Å². The third-order valence-corrected chi connectivity index (χ3v) is 4.78. The monoisotopic (exact) mass is 367 g/mol. The molecule has 0 unspecified atom stereocenters. The lowest BCUT2D eigenvalue weighted by atomic mass is 9.84. The molecule has 1 aliphatic carbocycles. The summed E-state index contributed by atoms with van der Waals surface area (Å²) in [6, 6.07) is -1.95. The second-order valence-electron chi connectivity index (χ2n) is 6.77. The normalized spacial score (nSPS) is 48.2. The van der Waals surface area contributed by atoms with Crippen LogP contribution in [0, 0.1) is 0 Å². The summed E-state index contributed by atoms with van der Waals surface area (Å²) in [5.41, 5.74) is 7.66. The maximum Gasteiger partial charge on any atom is 0.217 e. The van der Waals surface area contributed by atoms with Crippen molar-refractivity contribution in [3.05, 3.63) is 0 Å². The molecule has 0 aromatic heterocycles. The van der Waals surface area contributed by atoms with Gasteiger partial charge in [0, 0.05) is 6.92 Å². The van der Waals surface area contributed by atoms with Crippen molar-refractivity contribution in [3.8, 4) is 0 Å².